The fourth-order valence-corrected chi connectivity index (χ4v) is 2.72. The zero-order valence-corrected chi connectivity index (χ0v) is 12.2. The van der Waals surface area contributed by atoms with Crippen LogP contribution in [0.2, 0.25) is 0 Å². The molecule has 4 nitrogen and oxygen atoms in total. The Morgan fingerprint density at radius 3 is 2.20 bits per heavy atom. The summed E-state index contributed by atoms with van der Waals surface area (Å²) in [7, 11) is -6.25. The molecular weight excluding hydrogens is 315 g/mol. The molecule has 0 fully saturated rings. The highest BCUT2D eigenvalue weighted by Gasteiger charge is 2.46. The number of benzene rings is 1. The molecule has 0 aliphatic rings. The first-order valence-corrected chi connectivity index (χ1v) is 8.66. The third-order valence-electron chi connectivity index (χ3n) is 2.45. The summed E-state index contributed by atoms with van der Waals surface area (Å²) in [5, 5.41) is 2.86. The lowest BCUT2D eigenvalue weighted by Crippen LogP contribution is -2.23. The number of halogens is 3. The van der Waals surface area contributed by atoms with Crippen LogP contribution in [0.5, 0.6) is 0 Å². The fraction of sp³-hybridized carbons (Fsp3) is 0.455. The Hall–Kier alpha value is -1.09. The maximum Gasteiger partial charge on any atom is 0.501 e. The number of nitrogens with one attached hydrogen (secondary N) is 1. The minimum absolute atomic E-state index is 0.395. The molecule has 0 saturated heterocycles. The molecule has 0 radical (unpaired) electrons. The average molecular weight is 329 g/mol. The van der Waals surface area contributed by atoms with Gasteiger partial charge in [0.1, 0.15) is 0 Å². The van der Waals surface area contributed by atoms with Crippen molar-refractivity contribution in [3.8, 4) is 0 Å². The van der Waals surface area contributed by atoms with Gasteiger partial charge in [-0.25, -0.2) is 8.42 Å². The van der Waals surface area contributed by atoms with E-state index in [9.17, 15) is 25.8 Å². The molecule has 1 N–H and O–H groups in total. The summed E-state index contributed by atoms with van der Waals surface area (Å²) >= 11 is 0. The molecule has 1 rings (SSSR count). The van der Waals surface area contributed by atoms with E-state index in [0.29, 0.717) is 23.7 Å². The van der Waals surface area contributed by atoms with Crippen LogP contribution in [0.1, 0.15) is 6.92 Å². The molecule has 0 spiro atoms. The summed E-state index contributed by atoms with van der Waals surface area (Å²) < 4.78 is 70.3. The van der Waals surface area contributed by atoms with Gasteiger partial charge in [0.2, 0.25) is 0 Å². The second-order valence-corrected chi connectivity index (χ2v) is 7.64. The van der Waals surface area contributed by atoms with Gasteiger partial charge in [0.15, 0.2) is 0 Å². The van der Waals surface area contributed by atoms with E-state index in [1.165, 1.54) is 12.1 Å². The first-order chi connectivity index (χ1) is 9.18. The summed E-state index contributed by atoms with van der Waals surface area (Å²) in [6.45, 7) is 2.18. The lowest BCUT2D eigenvalue weighted by Gasteiger charge is -2.09. The highest BCUT2D eigenvalue weighted by Crippen LogP contribution is 2.30. The van der Waals surface area contributed by atoms with Gasteiger partial charge in [-0.2, -0.15) is 13.2 Å². The minimum atomic E-state index is -5.31. The predicted molar refractivity (Wildman–Crippen MR) is 71.7 cm³/mol. The molecule has 1 atom stereocenters. The third kappa shape index (κ3) is 4.20. The molecule has 0 bridgehead atoms. The van der Waals surface area contributed by atoms with E-state index in [4.69, 9.17) is 0 Å². The molecule has 1 aromatic carbocycles. The smallest absolute Gasteiger partial charge is 0.384 e. The molecule has 20 heavy (non-hydrogen) atoms. The average Bonchev–Trinajstić information content (AvgIpc) is 2.37. The van der Waals surface area contributed by atoms with Crippen LogP contribution in [0.25, 0.3) is 0 Å². The van der Waals surface area contributed by atoms with Gasteiger partial charge < -0.3 is 5.32 Å². The summed E-state index contributed by atoms with van der Waals surface area (Å²) in [5.74, 6) is 0.948. The Morgan fingerprint density at radius 2 is 1.75 bits per heavy atom. The molecular formula is C11H14F3NO3S2. The molecule has 0 aliphatic carbocycles. The van der Waals surface area contributed by atoms with E-state index >= 15 is 0 Å². The van der Waals surface area contributed by atoms with Crippen molar-refractivity contribution in [1.29, 1.82) is 0 Å². The quantitative estimate of drug-likeness (QED) is 0.869. The second kappa shape index (κ2) is 6.57. The lowest BCUT2D eigenvalue weighted by atomic mass is 10.3. The number of alkyl halides is 3. The van der Waals surface area contributed by atoms with Crippen molar-refractivity contribution in [2.45, 2.75) is 17.3 Å². The van der Waals surface area contributed by atoms with Gasteiger partial charge >= 0.3 is 5.51 Å². The van der Waals surface area contributed by atoms with Crippen molar-refractivity contribution in [3.63, 3.8) is 0 Å². The second-order valence-electron chi connectivity index (χ2n) is 3.83. The zero-order chi connectivity index (χ0) is 15.4. The monoisotopic (exact) mass is 329 g/mol. The summed E-state index contributed by atoms with van der Waals surface area (Å²) in [6.07, 6.45) is 0. The van der Waals surface area contributed by atoms with Gasteiger partial charge in [-0.15, -0.1) is 0 Å². The van der Waals surface area contributed by atoms with Crippen molar-refractivity contribution in [3.05, 3.63) is 24.3 Å². The summed E-state index contributed by atoms with van der Waals surface area (Å²) in [5.41, 5.74) is -4.83. The maximum atomic E-state index is 12.3. The molecule has 114 valence electrons. The van der Waals surface area contributed by atoms with Gasteiger partial charge in [-0.3, -0.25) is 4.21 Å². The Labute approximate surface area is 117 Å². The normalized spacial score (nSPS) is 14.0. The zero-order valence-electron chi connectivity index (χ0n) is 10.6. The van der Waals surface area contributed by atoms with Gasteiger partial charge in [0, 0.05) is 34.5 Å². The van der Waals surface area contributed by atoms with Crippen molar-refractivity contribution in [1.82, 2.24) is 0 Å². The fourth-order valence-electron chi connectivity index (χ4n) is 1.34. The highest BCUT2D eigenvalue weighted by atomic mass is 32.2. The Morgan fingerprint density at radius 1 is 1.20 bits per heavy atom. The van der Waals surface area contributed by atoms with Gasteiger partial charge in [-0.05, 0) is 24.3 Å². The third-order valence-corrected chi connectivity index (χ3v) is 5.26. The molecule has 9 heteroatoms. The number of anilines is 1. The number of rotatable bonds is 6. The van der Waals surface area contributed by atoms with Crippen LogP contribution in [-0.4, -0.2) is 36.2 Å². The topological polar surface area (TPSA) is 63.2 Å². The van der Waals surface area contributed by atoms with E-state index in [-0.39, 0.29) is 0 Å². The molecule has 1 aromatic rings. The predicted octanol–water partition coefficient (Wildman–Crippen LogP) is 2.16. The van der Waals surface area contributed by atoms with Gasteiger partial charge in [0.05, 0.1) is 4.90 Å². The van der Waals surface area contributed by atoms with Crippen molar-refractivity contribution in [2.75, 3.05) is 23.4 Å². The van der Waals surface area contributed by atoms with Crippen LogP contribution in [0.3, 0.4) is 0 Å². The molecule has 0 aliphatic heterocycles. The van der Waals surface area contributed by atoms with Crippen LogP contribution < -0.4 is 5.32 Å². The van der Waals surface area contributed by atoms with Crippen LogP contribution in [-0.2, 0) is 20.6 Å². The van der Waals surface area contributed by atoms with Crippen molar-refractivity contribution < 1.29 is 25.8 Å². The van der Waals surface area contributed by atoms with E-state index in [2.05, 4.69) is 5.32 Å². The van der Waals surface area contributed by atoms with Gasteiger partial charge in [0.25, 0.3) is 9.84 Å². The first-order valence-electron chi connectivity index (χ1n) is 5.68. The largest absolute Gasteiger partial charge is 0.501 e. The Balaban J connectivity index is 2.73. The van der Waals surface area contributed by atoms with Crippen molar-refractivity contribution in [2.24, 2.45) is 0 Å². The standard InChI is InChI=1S/C11H14F3NO3S2/c1-2-19(16)8-7-15-9-3-5-10(6-4-9)20(17,18)11(12,13)14/h3-6,15H,2,7-8H2,1H3. The lowest BCUT2D eigenvalue weighted by molar-refractivity contribution is -0.0436. The SMILES string of the molecule is CCS(=O)CCNc1ccc(S(=O)(=O)C(F)(F)F)cc1. The maximum absolute atomic E-state index is 12.3. The number of sulfone groups is 1. The minimum Gasteiger partial charge on any atom is -0.384 e. The van der Waals surface area contributed by atoms with Crippen molar-refractivity contribution >= 4 is 26.3 Å². The molecule has 1 unspecified atom stereocenters. The molecule has 0 heterocycles. The first kappa shape index (κ1) is 17.0. The van der Waals surface area contributed by atoms with E-state index in [0.717, 1.165) is 12.1 Å². The molecule has 0 amide bonds. The Kier molecular flexibility index (Phi) is 5.58. The van der Waals surface area contributed by atoms with Crippen LogP contribution >= 0.6 is 0 Å². The highest BCUT2D eigenvalue weighted by molar-refractivity contribution is 7.92. The van der Waals surface area contributed by atoms with Crippen LogP contribution in [0.15, 0.2) is 29.2 Å². The number of hydrogen-bond donors (Lipinski definition) is 1. The van der Waals surface area contributed by atoms with Crippen LogP contribution in [0, 0.1) is 0 Å². The Bertz CT molecular complexity index is 568. The van der Waals surface area contributed by atoms with Gasteiger partial charge in [-0.1, -0.05) is 6.92 Å². The summed E-state index contributed by atoms with van der Waals surface area (Å²) in [6, 6.07) is 4.27. The van der Waals surface area contributed by atoms with E-state index in [1.807, 2.05) is 0 Å². The van der Waals surface area contributed by atoms with E-state index < -0.39 is 31.0 Å². The van der Waals surface area contributed by atoms with E-state index in [1.54, 1.807) is 6.92 Å². The number of hydrogen-bond acceptors (Lipinski definition) is 4. The molecule has 0 aromatic heterocycles. The summed E-state index contributed by atoms with van der Waals surface area (Å²) in [4.78, 5) is -0.798. The molecule has 0 saturated carbocycles. The van der Waals surface area contributed by atoms with Crippen LogP contribution in [0.4, 0.5) is 18.9 Å².